The molecule has 0 atom stereocenters. The highest BCUT2D eigenvalue weighted by molar-refractivity contribution is 6.30. The van der Waals surface area contributed by atoms with Crippen LogP contribution in [0.15, 0.2) is 18.2 Å². The number of anilines is 1. The summed E-state index contributed by atoms with van der Waals surface area (Å²) in [6.07, 6.45) is 1.79. The van der Waals surface area contributed by atoms with Crippen LogP contribution in [0.2, 0.25) is 5.02 Å². The Morgan fingerprint density at radius 3 is 2.81 bits per heavy atom. The van der Waals surface area contributed by atoms with Gasteiger partial charge in [0.2, 0.25) is 0 Å². The van der Waals surface area contributed by atoms with Gasteiger partial charge in [-0.05, 0) is 56.6 Å². The van der Waals surface area contributed by atoms with E-state index in [4.69, 9.17) is 16.3 Å². The van der Waals surface area contributed by atoms with Gasteiger partial charge < -0.3 is 10.1 Å². The van der Waals surface area contributed by atoms with Crippen LogP contribution >= 0.6 is 24.0 Å². The lowest BCUT2D eigenvalue weighted by atomic mass is 9.75. The first-order chi connectivity index (χ1) is 9.66. The maximum atomic E-state index is 12.2. The Morgan fingerprint density at radius 1 is 1.43 bits per heavy atom. The van der Waals surface area contributed by atoms with E-state index in [9.17, 15) is 4.79 Å². The molecule has 2 heterocycles. The second-order valence-corrected chi connectivity index (χ2v) is 5.91. The highest BCUT2D eigenvalue weighted by Gasteiger charge is 2.45. The molecular formula is C15H20Cl2N2O2. The fraction of sp³-hybridized carbons (Fsp3) is 0.533. The molecule has 1 aromatic rings. The van der Waals surface area contributed by atoms with Crippen molar-refractivity contribution in [3.63, 3.8) is 0 Å². The molecule has 116 valence electrons. The van der Waals surface area contributed by atoms with Crippen LogP contribution in [0, 0.1) is 0 Å². The predicted octanol–water partition coefficient (Wildman–Crippen LogP) is 3.36. The van der Waals surface area contributed by atoms with E-state index in [1.54, 1.807) is 4.90 Å². The van der Waals surface area contributed by atoms with E-state index in [1.807, 2.05) is 25.1 Å². The predicted molar refractivity (Wildman–Crippen MR) is 86.8 cm³/mol. The van der Waals surface area contributed by atoms with Crippen LogP contribution in [0.3, 0.4) is 0 Å². The molecule has 0 aromatic heterocycles. The summed E-state index contributed by atoms with van der Waals surface area (Å²) in [4.78, 5) is 13.9. The number of ether oxygens (including phenoxy) is 1. The molecule has 4 nitrogen and oxygen atoms in total. The number of carbonyl (C=O) groups excluding carboxylic acids is 1. The van der Waals surface area contributed by atoms with E-state index >= 15 is 0 Å². The third kappa shape index (κ3) is 2.85. The number of nitrogens with zero attached hydrogens (tertiary/aromatic N) is 1. The van der Waals surface area contributed by atoms with Crippen molar-refractivity contribution in [1.29, 1.82) is 0 Å². The Bertz CT molecular complexity index is 530. The van der Waals surface area contributed by atoms with Crippen molar-refractivity contribution in [3.8, 4) is 0 Å². The number of nitrogens with one attached hydrogen (secondary N) is 1. The van der Waals surface area contributed by atoms with Gasteiger partial charge in [-0.2, -0.15) is 0 Å². The lowest BCUT2D eigenvalue weighted by Crippen LogP contribution is -2.44. The van der Waals surface area contributed by atoms with Crippen molar-refractivity contribution in [1.82, 2.24) is 5.32 Å². The van der Waals surface area contributed by atoms with E-state index in [0.29, 0.717) is 13.2 Å². The fourth-order valence-corrected chi connectivity index (χ4v) is 3.51. The number of benzene rings is 1. The van der Waals surface area contributed by atoms with Crippen LogP contribution in [0.1, 0.15) is 25.3 Å². The molecule has 1 aromatic carbocycles. The number of amides is 1. The SMILES string of the molecule is CCOC(=O)N1CC2(CCNCC2)c2cc(Cl)ccc21.Cl. The van der Waals surface area contributed by atoms with Gasteiger partial charge in [0.15, 0.2) is 0 Å². The van der Waals surface area contributed by atoms with Crippen molar-refractivity contribution < 1.29 is 9.53 Å². The van der Waals surface area contributed by atoms with Gasteiger partial charge in [0.1, 0.15) is 0 Å². The number of fused-ring (bicyclic) bond motifs is 2. The number of halogens is 2. The summed E-state index contributed by atoms with van der Waals surface area (Å²) in [5.74, 6) is 0. The molecule has 21 heavy (non-hydrogen) atoms. The summed E-state index contributed by atoms with van der Waals surface area (Å²) < 4.78 is 5.19. The topological polar surface area (TPSA) is 41.6 Å². The van der Waals surface area contributed by atoms with Crippen LogP contribution < -0.4 is 10.2 Å². The summed E-state index contributed by atoms with van der Waals surface area (Å²) in [5, 5.41) is 4.11. The standard InChI is InChI=1S/C15H19ClN2O2.ClH/c1-2-20-14(19)18-10-15(5-7-17-8-6-15)12-9-11(16)3-4-13(12)18;/h3-4,9,17H,2,5-8,10H2,1H3;1H. The Kier molecular flexibility index (Phi) is 5.02. The monoisotopic (exact) mass is 330 g/mol. The zero-order valence-electron chi connectivity index (χ0n) is 12.0. The van der Waals surface area contributed by atoms with E-state index in [1.165, 1.54) is 5.56 Å². The molecule has 1 N–H and O–H groups in total. The van der Waals surface area contributed by atoms with Crippen molar-refractivity contribution in [2.75, 3.05) is 31.1 Å². The number of carbonyl (C=O) groups is 1. The molecule has 0 unspecified atom stereocenters. The van der Waals surface area contributed by atoms with E-state index in [2.05, 4.69) is 5.32 Å². The van der Waals surface area contributed by atoms with Gasteiger partial charge in [-0.1, -0.05) is 11.6 Å². The van der Waals surface area contributed by atoms with Crippen LogP contribution in [-0.2, 0) is 10.2 Å². The lowest BCUT2D eigenvalue weighted by Gasteiger charge is -2.34. The van der Waals surface area contributed by atoms with Gasteiger partial charge >= 0.3 is 6.09 Å². The first-order valence-electron chi connectivity index (χ1n) is 7.11. The first-order valence-corrected chi connectivity index (χ1v) is 7.49. The molecule has 0 saturated carbocycles. The number of piperidine rings is 1. The van der Waals surface area contributed by atoms with Crippen molar-refractivity contribution >= 4 is 35.8 Å². The normalized spacial score (nSPS) is 19.0. The van der Waals surface area contributed by atoms with E-state index in [0.717, 1.165) is 36.6 Å². The molecule has 0 radical (unpaired) electrons. The van der Waals surface area contributed by atoms with Gasteiger partial charge in [0.05, 0.1) is 12.3 Å². The van der Waals surface area contributed by atoms with Gasteiger partial charge in [0.25, 0.3) is 0 Å². The highest BCUT2D eigenvalue weighted by Crippen LogP contribution is 2.47. The molecule has 0 aliphatic carbocycles. The molecule has 3 rings (SSSR count). The van der Waals surface area contributed by atoms with Crippen LogP contribution in [0.25, 0.3) is 0 Å². The third-order valence-corrected chi connectivity index (χ3v) is 4.57. The maximum Gasteiger partial charge on any atom is 0.414 e. The summed E-state index contributed by atoms with van der Waals surface area (Å²) in [7, 11) is 0. The first kappa shape index (κ1) is 16.4. The quantitative estimate of drug-likeness (QED) is 0.858. The Hall–Kier alpha value is -0.970. The summed E-state index contributed by atoms with van der Waals surface area (Å²) in [5.41, 5.74) is 2.17. The highest BCUT2D eigenvalue weighted by atomic mass is 35.5. The second kappa shape index (κ2) is 6.42. The van der Waals surface area contributed by atoms with E-state index < -0.39 is 0 Å². The molecule has 0 bridgehead atoms. The summed E-state index contributed by atoms with van der Waals surface area (Å²) in [6, 6.07) is 5.79. The van der Waals surface area contributed by atoms with Crippen molar-refractivity contribution in [2.45, 2.75) is 25.2 Å². The summed E-state index contributed by atoms with van der Waals surface area (Å²) >= 11 is 6.16. The fourth-order valence-electron chi connectivity index (χ4n) is 3.34. The van der Waals surface area contributed by atoms with Gasteiger partial charge in [-0.25, -0.2) is 4.79 Å². The zero-order chi connectivity index (χ0) is 14.2. The van der Waals surface area contributed by atoms with Gasteiger partial charge in [-0.3, -0.25) is 4.90 Å². The van der Waals surface area contributed by atoms with Gasteiger partial charge in [-0.15, -0.1) is 12.4 Å². The summed E-state index contributed by atoms with van der Waals surface area (Å²) in [6.45, 7) is 4.87. The number of rotatable bonds is 1. The molecule has 1 saturated heterocycles. The van der Waals surface area contributed by atoms with Crippen LogP contribution in [0.4, 0.5) is 10.5 Å². The van der Waals surface area contributed by atoms with Crippen LogP contribution in [0.5, 0.6) is 0 Å². The minimum Gasteiger partial charge on any atom is -0.449 e. The average Bonchev–Trinajstić information content (AvgIpc) is 2.75. The third-order valence-electron chi connectivity index (χ3n) is 4.33. The van der Waals surface area contributed by atoms with Crippen molar-refractivity contribution in [3.05, 3.63) is 28.8 Å². The minimum atomic E-state index is -0.258. The Labute approximate surface area is 136 Å². The Morgan fingerprint density at radius 2 is 2.14 bits per heavy atom. The molecule has 2 aliphatic heterocycles. The van der Waals surface area contributed by atoms with Crippen molar-refractivity contribution in [2.24, 2.45) is 0 Å². The Balaban J connectivity index is 0.00000161. The van der Waals surface area contributed by atoms with Crippen LogP contribution in [-0.4, -0.2) is 32.3 Å². The molecule has 2 aliphatic rings. The second-order valence-electron chi connectivity index (χ2n) is 5.48. The van der Waals surface area contributed by atoms with E-state index in [-0.39, 0.29) is 23.9 Å². The molecule has 6 heteroatoms. The molecular weight excluding hydrogens is 311 g/mol. The smallest absolute Gasteiger partial charge is 0.414 e. The lowest BCUT2D eigenvalue weighted by molar-refractivity contribution is 0.158. The number of hydrogen-bond donors (Lipinski definition) is 1. The zero-order valence-corrected chi connectivity index (χ0v) is 13.6. The largest absolute Gasteiger partial charge is 0.449 e. The van der Waals surface area contributed by atoms with Gasteiger partial charge in [0, 0.05) is 17.0 Å². The molecule has 1 spiro atoms. The minimum absolute atomic E-state index is 0. The molecule has 1 amide bonds. The number of hydrogen-bond acceptors (Lipinski definition) is 3. The molecule has 1 fully saturated rings. The maximum absolute atomic E-state index is 12.2. The average molecular weight is 331 g/mol.